The van der Waals surface area contributed by atoms with E-state index in [0.717, 1.165) is 0 Å². The third-order valence-corrected chi connectivity index (χ3v) is 2.86. The number of methoxy groups -OCH3 is 1. The molecule has 0 aliphatic heterocycles. The highest BCUT2D eigenvalue weighted by Crippen LogP contribution is 2.33. The maximum Gasteiger partial charge on any atom is 0.330 e. The fourth-order valence-corrected chi connectivity index (χ4v) is 1.64. The van der Waals surface area contributed by atoms with Crippen molar-refractivity contribution < 1.29 is 19.2 Å². The van der Waals surface area contributed by atoms with Crippen molar-refractivity contribution in [1.29, 1.82) is 5.26 Å². The molecule has 1 rings (SSSR count). The van der Waals surface area contributed by atoms with Crippen LogP contribution in [0.4, 0.5) is 5.69 Å². The van der Waals surface area contributed by atoms with Crippen LogP contribution in [0.5, 0.6) is 5.75 Å². The number of esters is 1. The minimum atomic E-state index is -1.54. The lowest BCUT2D eigenvalue weighted by Gasteiger charge is -2.20. The number of nitrogens with zero attached hydrogens (tertiary/aromatic N) is 2. The third kappa shape index (κ3) is 2.69. The molecule has 1 atom stereocenters. The number of carbonyl (C=O) groups excluding carboxylic acids is 1. The van der Waals surface area contributed by atoms with E-state index in [2.05, 4.69) is 0 Å². The largest absolute Gasteiger partial charge is 0.490 e. The highest BCUT2D eigenvalue weighted by molar-refractivity contribution is 5.86. The first kappa shape index (κ1) is 15.4. The molecule has 0 radical (unpaired) electrons. The Hall–Kier alpha value is -2.62. The minimum absolute atomic E-state index is 0.0155. The van der Waals surface area contributed by atoms with Crippen LogP contribution in [-0.4, -0.2) is 24.6 Å². The van der Waals surface area contributed by atoms with Gasteiger partial charge in [0.2, 0.25) is 0 Å². The second kappa shape index (κ2) is 6.02. The van der Waals surface area contributed by atoms with E-state index >= 15 is 0 Å². The average molecular weight is 278 g/mol. The molecule has 0 amide bonds. The second-order valence-corrected chi connectivity index (χ2v) is 4.10. The molecule has 7 heteroatoms. The standard InChI is InChI=1S/C13H14N2O5/c1-4-20-12(16)13(2,8-14)9-5-6-10(15(17)18)11(7-9)19-3/h5-7H,4H2,1-3H3. The molecule has 0 N–H and O–H groups in total. The SMILES string of the molecule is CCOC(=O)C(C)(C#N)c1ccc([N+](=O)[O-])c(OC)c1. The summed E-state index contributed by atoms with van der Waals surface area (Å²) in [5.41, 5.74) is -1.50. The van der Waals surface area contributed by atoms with Crippen LogP contribution >= 0.6 is 0 Å². The molecule has 0 fully saturated rings. The number of carbonyl (C=O) groups is 1. The van der Waals surface area contributed by atoms with E-state index in [-0.39, 0.29) is 23.6 Å². The third-order valence-electron chi connectivity index (χ3n) is 2.86. The molecule has 0 aromatic heterocycles. The normalized spacial score (nSPS) is 12.9. The first-order chi connectivity index (χ1) is 9.40. The Morgan fingerprint density at radius 3 is 2.65 bits per heavy atom. The smallest absolute Gasteiger partial charge is 0.330 e. The Morgan fingerprint density at radius 1 is 1.55 bits per heavy atom. The molecule has 0 saturated carbocycles. The van der Waals surface area contributed by atoms with E-state index in [0.29, 0.717) is 0 Å². The van der Waals surface area contributed by atoms with Gasteiger partial charge in [-0.05, 0) is 31.5 Å². The maximum absolute atomic E-state index is 11.9. The van der Waals surface area contributed by atoms with Gasteiger partial charge in [-0.3, -0.25) is 10.1 Å². The first-order valence-electron chi connectivity index (χ1n) is 5.82. The van der Waals surface area contributed by atoms with Crippen molar-refractivity contribution in [3.8, 4) is 11.8 Å². The Kier molecular flexibility index (Phi) is 4.64. The lowest BCUT2D eigenvalue weighted by molar-refractivity contribution is -0.385. The molecule has 0 heterocycles. The molecular weight excluding hydrogens is 264 g/mol. The molecule has 7 nitrogen and oxygen atoms in total. The molecule has 1 unspecified atom stereocenters. The second-order valence-electron chi connectivity index (χ2n) is 4.10. The van der Waals surface area contributed by atoms with Gasteiger partial charge in [0.25, 0.3) is 0 Å². The Balaban J connectivity index is 3.35. The summed E-state index contributed by atoms with van der Waals surface area (Å²) in [5, 5.41) is 20.1. The molecule has 1 aromatic rings. The fraction of sp³-hybridized carbons (Fsp3) is 0.385. The van der Waals surface area contributed by atoms with Crippen LogP contribution < -0.4 is 4.74 Å². The van der Waals surface area contributed by atoms with Crippen LogP contribution in [0, 0.1) is 21.4 Å². The summed E-state index contributed by atoms with van der Waals surface area (Å²) in [7, 11) is 1.28. The van der Waals surface area contributed by atoms with E-state index in [1.165, 1.54) is 32.2 Å². The number of nitro benzene ring substituents is 1. The maximum atomic E-state index is 11.9. The van der Waals surface area contributed by atoms with Crippen molar-refractivity contribution in [3.63, 3.8) is 0 Å². The molecule has 0 spiro atoms. The fourth-order valence-electron chi connectivity index (χ4n) is 1.64. The van der Waals surface area contributed by atoms with Gasteiger partial charge in [-0.25, -0.2) is 4.79 Å². The predicted octanol–water partition coefficient (Wildman–Crippen LogP) is 1.95. The summed E-state index contributed by atoms with van der Waals surface area (Å²) >= 11 is 0. The van der Waals surface area contributed by atoms with Gasteiger partial charge in [-0.2, -0.15) is 5.26 Å². The Bertz CT molecular complexity index is 579. The number of rotatable bonds is 5. The molecular formula is C13H14N2O5. The van der Waals surface area contributed by atoms with Gasteiger partial charge in [-0.15, -0.1) is 0 Å². The quantitative estimate of drug-likeness (QED) is 0.463. The highest BCUT2D eigenvalue weighted by Gasteiger charge is 2.38. The molecule has 106 valence electrons. The van der Waals surface area contributed by atoms with Crippen LogP contribution in [-0.2, 0) is 14.9 Å². The molecule has 0 bridgehead atoms. The number of hydrogen-bond acceptors (Lipinski definition) is 6. The lowest BCUT2D eigenvalue weighted by Crippen LogP contribution is -2.33. The van der Waals surface area contributed by atoms with E-state index in [1.54, 1.807) is 6.92 Å². The number of ether oxygens (including phenoxy) is 2. The lowest BCUT2D eigenvalue weighted by atomic mass is 9.84. The average Bonchev–Trinajstić information content (AvgIpc) is 2.45. The van der Waals surface area contributed by atoms with Gasteiger partial charge in [0, 0.05) is 6.07 Å². The van der Waals surface area contributed by atoms with Gasteiger partial charge >= 0.3 is 11.7 Å². The van der Waals surface area contributed by atoms with E-state index < -0.39 is 16.3 Å². The van der Waals surface area contributed by atoms with E-state index in [1.807, 2.05) is 6.07 Å². The Labute approximate surface area is 115 Å². The van der Waals surface area contributed by atoms with Crippen molar-refractivity contribution in [3.05, 3.63) is 33.9 Å². The van der Waals surface area contributed by atoms with Crippen LogP contribution in [0.25, 0.3) is 0 Å². The summed E-state index contributed by atoms with van der Waals surface area (Å²) in [6, 6.07) is 5.73. The van der Waals surface area contributed by atoms with Crippen LogP contribution in [0.3, 0.4) is 0 Å². The number of hydrogen-bond donors (Lipinski definition) is 0. The zero-order valence-electron chi connectivity index (χ0n) is 11.4. The summed E-state index contributed by atoms with van der Waals surface area (Å²) in [5.74, 6) is -0.725. The summed E-state index contributed by atoms with van der Waals surface area (Å²) < 4.78 is 9.79. The van der Waals surface area contributed by atoms with Crippen molar-refractivity contribution in [2.75, 3.05) is 13.7 Å². The van der Waals surface area contributed by atoms with Crippen molar-refractivity contribution in [2.45, 2.75) is 19.3 Å². The minimum Gasteiger partial charge on any atom is -0.490 e. The first-order valence-corrected chi connectivity index (χ1v) is 5.82. The van der Waals surface area contributed by atoms with Crippen LogP contribution in [0.2, 0.25) is 0 Å². The van der Waals surface area contributed by atoms with Crippen molar-refractivity contribution in [1.82, 2.24) is 0 Å². The predicted molar refractivity (Wildman–Crippen MR) is 69.2 cm³/mol. The molecule has 0 aliphatic rings. The summed E-state index contributed by atoms with van der Waals surface area (Å²) in [6.45, 7) is 3.16. The summed E-state index contributed by atoms with van der Waals surface area (Å²) in [6.07, 6.45) is 0. The highest BCUT2D eigenvalue weighted by atomic mass is 16.6. The number of nitriles is 1. The zero-order chi connectivity index (χ0) is 15.3. The van der Waals surface area contributed by atoms with Gasteiger partial charge in [0.15, 0.2) is 11.2 Å². The van der Waals surface area contributed by atoms with Crippen molar-refractivity contribution >= 4 is 11.7 Å². The number of nitro groups is 1. The molecule has 20 heavy (non-hydrogen) atoms. The zero-order valence-corrected chi connectivity index (χ0v) is 11.4. The van der Waals surface area contributed by atoms with Crippen LogP contribution in [0.15, 0.2) is 18.2 Å². The number of benzene rings is 1. The van der Waals surface area contributed by atoms with Crippen molar-refractivity contribution in [2.24, 2.45) is 0 Å². The monoisotopic (exact) mass is 278 g/mol. The summed E-state index contributed by atoms with van der Waals surface area (Å²) in [4.78, 5) is 22.1. The molecule has 0 aliphatic carbocycles. The van der Waals surface area contributed by atoms with E-state index in [4.69, 9.17) is 9.47 Å². The van der Waals surface area contributed by atoms with Gasteiger partial charge in [0.1, 0.15) is 0 Å². The molecule has 0 saturated heterocycles. The van der Waals surface area contributed by atoms with E-state index in [9.17, 15) is 20.2 Å². The van der Waals surface area contributed by atoms with Gasteiger partial charge in [-0.1, -0.05) is 0 Å². The van der Waals surface area contributed by atoms with Gasteiger partial charge in [0.05, 0.1) is 24.7 Å². The van der Waals surface area contributed by atoms with Gasteiger partial charge < -0.3 is 9.47 Å². The molecule has 1 aromatic carbocycles. The van der Waals surface area contributed by atoms with Crippen LogP contribution in [0.1, 0.15) is 19.4 Å². The topological polar surface area (TPSA) is 102 Å². The Morgan fingerprint density at radius 2 is 2.20 bits per heavy atom.